The van der Waals surface area contributed by atoms with Crippen LogP contribution in [0, 0.1) is 6.92 Å². The van der Waals surface area contributed by atoms with Crippen molar-refractivity contribution in [1.82, 2.24) is 14.5 Å². The molecule has 5 nitrogen and oxygen atoms in total. The van der Waals surface area contributed by atoms with Crippen LogP contribution in [0.4, 0.5) is 5.00 Å². The van der Waals surface area contributed by atoms with Gasteiger partial charge in [0, 0.05) is 5.92 Å². The lowest BCUT2D eigenvalue weighted by atomic mass is 10.2. The van der Waals surface area contributed by atoms with Crippen LogP contribution in [0.2, 0.25) is 0 Å². The molecule has 1 aliphatic rings. The minimum Gasteiger partial charge on any atom is -0.389 e. The number of aromatic nitrogens is 3. The molecule has 0 bridgehead atoms. The quantitative estimate of drug-likeness (QED) is 0.840. The van der Waals surface area contributed by atoms with Gasteiger partial charge in [-0.25, -0.2) is 0 Å². The van der Waals surface area contributed by atoms with Gasteiger partial charge in [0.25, 0.3) is 5.89 Å². The van der Waals surface area contributed by atoms with Gasteiger partial charge in [-0.05, 0) is 31.3 Å². The van der Waals surface area contributed by atoms with Gasteiger partial charge in [0.2, 0.25) is 0 Å². The van der Waals surface area contributed by atoms with Gasteiger partial charge in [-0.2, -0.15) is 9.36 Å². The Bertz CT molecular complexity index is 480. The van der Waals surface area contributed by atoms with Crippen molar-refractivity contribution in [1.29, 1.82) is 0 Å². The Morgan fingerprint density at radius 3 is 2.87 bits per heavy atom. The molecule has 2 aromatic rings. The molecule has 0 spiro atoms. The smallest absolute Gasteiger partial charge is 0.262 e. The Labute approximate surface area is 90.5 Å². The van der Waals surface area contributed by atoms with Crippen LogP contribution in [0.25, 0.3) is 11.5 Å². The lowest BCUT2D eigenvalue weighted by Crippen LogP contribution is -1.87. The summed E-state index contributed by atoms with van der Waals surface area (Å²) in [6, 6.07) is 0. The second kappa shape index (κ2) is 3.03. The van der Waals surface area contributed by atoms with Crippen molar-refractivity contribution in [2.45, 2.75) is 25.7 Å². The normalized spacial score (nSPS) is 15.8. The minimum atomic E-state index is 0.496. The Morgan fingerprint density at radius 2 is 2.27 bits per heavy atom. The molecule has 2 N–H and O–H groups in total. The van der Waals surface area contributed by atoms with Gasteiger partial charge in [-0.3, -0.25) is 0 Å². The topological polar surface area (TPSA) is 77.8 Å². The molecule has 1 fully saturated rings. The molecule has 0 atom stereocenters. The monoisotopic (exact) mass is 222 g/mol. The highest BCUT2D eigenvalue weighted by Crippen LogP contribution is 2.40. The SMILES string of the molecule is Cc1nsc(N)c1-c1nc(C2CC2)no1. The van der Waals surface area contributed by atoms with E-state index in [4.69, 9.17) is 10.3 Å². The maximum Gasteiger partial charge on any atom is 0.262 e. The second-order valence-electron chi connectivity index (χ2n) is 3.74. The summed E-state index contributed by atoms with van der Waals surface area (Å²) >= 11 is 1.26. The predicted octanol–water partition coefficient (Wildman–Crippen LogP) is 1.96. The third-order valence-electron chi connectivity index (χ3n) is 2.49. The highest BCUT2D eigenvalue weighted by Gasteiger charge is 2.29. The Balaban J connectivity index is 2.04. The zero-order valence-electron chi connectivity index (χ0n) is 8.23. The fourth-order valence-electron chi connectivity index (χ4n) is 1.49. The van der Waals surface area contributed by atoms with E-state index in [0.717, 1.165) is 29.9 Å². The number of nitrogens with two attached hydrogens (primary N) is 1. The number of nitrogens with zero attached hydrogens (tertiary/aromatic N) is 3. The van der Waals surface area contributed by atoms with E-state index in [1.165, 1.54) is 11.5 Å². The third-order valence-corrected chi connectivity index (χ3v) is 3.25. The van der Waals surface area contributed by atoms with Crippen molar-refractivity contribution in [3.05, 3.63) is 11.5 Å². The first-order chi connectivity index (χ1) is 7.25. The van der Waals surface area contributed by atoms with E-state index < -0.39 is 0 Å². The maximum absolute atomic E-state index is 5.80. The second-order valence-corrected chi connectivity index (χ2v) is 4.54. The van der Waals surface area contributed by atoms with Gasteiger partial charge in [0.05, 0.1) is 11.3 Å². The molecule has 0 unspecified atom stereocenters. The summed E-state index contributed by atoms with van der Waals surface area (Å²) < 4.78 is 9.35. The van der Waals surface area contributed by atoms with E-state index in [2.05, 4.69) is 14.5 Å². The summed E-state index contributed by atoms with van der Waals surface area (Å²) in [6.07, 6.45) is 2.32. The molecule has 1 aliphatic carbocycles. The zero-order valence-corrected chi connectivity index (χ0v) is 9.04. The molecule has 0 aromatic carbocycles. The maximum atomic E-state index is 5.80. The van der Waals surface area contributed by atoms with E-state index in [-0.39, 0.29) is 0 Å². The first-order valence-corrected chi connectivity index (χ1v) is 5.59. The minimum absolute atomic E-state index is 0.496. The first kappa shape index (κ1) is 8.84. The summed E-state index contributed by atoms with van der Waals surface area (Å²) in [5.74, 6) is 1.80. The molecule has 2 heterocycles. The number of nitrogen functional groups attached to an aromatic ring is 1. The average Bonchev–Trinajstić information content (AvgIpc) is 2.87. The van der Waals surface area contributed by atoms with E-state index in [9.17, 15) is 0 Å². The summed E-state index contributed by atoms with van der Waals surface area (Å²) in [4.78, 5) is 4.35. The van der Waals surface area contributed by atoms with Crippen molar-refractivity contribution in [2.75, 3.05) is 5.73 Å². The molecule has 15 heavy (non-hydrogen) atoms. The first-order valence-electron chi connectivity index (χ1n) is 4.81. The summed E-state index contributed by atoms with van der Waals surface area (Å²) in [5, 5.41) is 4.59. The van der Waals surface area contributed by atoms with Crippen LogP contribution in [-0.4, -0.2) is 14.5 Å². The molecular weight excluding hydrogens is 212 g/mol. The number of rotatable bonds is 2. The van der Waals surface area contributed by atoms with Crippen molar-refractivity contribution in [2.24, 2.45) is 0 Å². The van der Waals surface area contributed by atoms with Crippen LogP contribution in [0.3, 0.4) is 0 Å². The summed E-state index contributed by atoms with van der Waals surface area (Å²) in [5.41, 5.74) is 7.44. The molecular formula is C9H10N4OS. The molecule has 3 rings (SSSR count). The summed E-state index contributed by atoms with van der Waals surface area (Å²) in [6.45, 7) is 1.89. The van der Waals surface area contributed by atoms with Crippen LogP contribution >= 0.6 is 11.5 Å². The van der Waals surface area contributed by atoms with Crippen LogP contribution in [0.5, 0.6) is 0 Å². The average molecular weight is 222 g/mol. The van der Waals surface area contributed by atoms with E-state index in [1.807, 2.05) is 6.92 Å². The molecule has 78 valence electrons. The van der Waals surface area contributed by atoms with Gasteiger partial charge >= 0.3 is 0 Å². The number of anilines is 1. The Morgan fingerprint density at radius 1 is 1.47 bits per heavy atom. The third kappa shape index (κ3) is 1.41. The number of hydrogen-bond donors (Lipinski definition) is 1. The standard InChI is InChI=1S/C9H10N4OS/c1-4-6(7(10)15-13-4)9-11-8(12-14-9)5-2-3-5/h5H,2-3,10H2,1H3. The fraction of sp³-hybridized carbons (Fsp3) is 0.444. The van der Waals surface area contributed by atoms with Crippen molar-refractivity contribution < 1.29 is 4.52 Å². The van der Waals surface area contributed by atoms with E-state index >= 15 is 0 Å². The molecule has 2 aromatic heterocycles. The van der Waals surface area contributed by atoms with Gasteiger partial charge in [-0.15, -0.1) is 0 Å². The van der Waals surface area contributed by atoms with Crippen molar-refractivity contribution in [3.8, 4) is 11.5 Å². The van der Waals surface area contributed by atoms with Gasteiger partial charge < -0.3 is 10.3 Å². The zero-order chi connectivity index (χ0) is 10.4. The molecule has 1 saturated carbocycles. The van der Waals surface area contributed by atoms with Gasteiger partial charge in [0.1, 0.15) is 5.00 Å². The van der Waals surface area contributed by atoms with Crippen molar-refractivity contribution >= 4 is 16.5 Å². The summed E-state index contributed by atoms with van der Waals surface area (Å²) in [7, 11) is 0. The van der Waals surface area contributed by atoms with E-state index in [1.54, 1.807) is 0 Å². The van der Waals surface area contributed by atoms with E-state index in [0.29, 0.717) is 16.8 Å². The highest BCUT2D eigenvalue weighted by atomic mass is 32.1. The predicted molar refractivity (Wildman–Crippen MR) is 56.5 cm³/mol. The fourth-order valence-corrected chi connectivity index (χ4v) is 2.14. The highest BCUT2D eigenvalue weighted by molar-refractivity contribution is 7.10. The number of aryl methyl sites for hydroxylation is 1. The molecule has 0 radical (unpaired) electrons. The molecule has 0 aliphatic heterocycles. The number of hydrogen-bond acceptors (Lipinski definition) is 6. The largest absolute Gasteiger partial charge is 0.389 e. The van der Waals surface area contributed by atoms with Crippen LogP contribution in [0.1, 0.15) is 30.3 Å². The van der Waals surface area contributed by atoms with Crippen molar-refractivity contribution in [3.63, 3.8) is 0 Å². The molecule has 0 saturated heterocycles. The van der Waals surface area contributed by atoms with Crippen LogP contribution in [-0.2, 0) is 0 Å². The lowest BCUT2D eigenvalue weighted by molar-refractivity contribution is 0.422. The molecule has 0 amide bonds. The van der Waals surface area contributed by atoms with Gasteiger partial charge in [0.15, 0.2) is 5.82 Å². The Kier molecular flexibility index (Phi) is 1.79. The Hall–Kier alpha value is -1.43. The molecule has 6 heteroatoms. The van der Waals surface area contributed by atoms with Crippen LogP contribution in [0.15, 0.2) is 4.52 Å². The van der Waals surface area contributed by atoms with Gasteiger partial charge in [-0.1, -0.05) is 5.16 Å². The van der Waals surface area contributed by atoms with Crippen LogP contribution < -0.4 is 5.73 Å². The lowest BCUT2D eigenvalue weighted by Gasteiger charge is -1.91.